The first-order chi connectivity index (χ1) is 9.16. The van der Waals surface area contributed by atoms with Gasteiger partial charge in [-0.25, -0.2) is 9.97 Å². The molecular formula is C14H9BrClN3. The van der Waals surface area contributed by atoms with Crippen molar-refractivity contribution in [2.75, 3.05) is 0 Å². The molecule has 0 saturated heterocycles. The summed E-state index contributed by atoms with van der Waals surface area (Å²) in [5.74, 6) is 0.544. The van der Waals surface area contributed by atoms with Crippen molar-refractivity contribution in [1.29, 1.82) is 0 Å². The maximum Gasteiger partial charge on any atom is 0.180 e. The number of aromatic nitrogens is 3. The van der Waals surface area contributed by atoms with Crippen LogP contribution in [-0.2, 0) is 0 Å². The highest BCUT2D eigenvalue weighted by Crippen LogP contribution is 2.28. The lowest BCUT2D eigenvalue weighted by Crippen LogP contribution is -1.97. The minimum absolute atomic E-state index is 0.400. The molecule has 19 heavy (non-hydrogen) atoms. The molecule has 0 aliphatic rings. The summed E-state index contributed by atoms with van der Waals surface area (Å²) in [7, 11) is 0. The molecule has 2 aromatic heterocycles. The third-order valence-electron chi connectivity index (χ3n) is 2.86. The molecule has 0 unspecified atom stereocenters. The van der Waals surface area contributed by atoms with E-state index in [1.807, 2.05) is 37.3 Å². The molecule has 0 spiro atoms. The zero-order chi connectivity index (χ0) is 13.4. The van der Waals surface area contributed by atoms with Gasteiger partial charge in [0.1, 0.15) is 10.8 Å². The zero-order valence-corrected chi connectivity index (χ0v) is 12.4. The van der Waals surface area contributed by atoms with Crippen LogP contribution in [0.1, 0.15) is 5.69 Å². The number of nitrogens with zero attached hydrogens (tertiary/aromatic N) is 3. The van der Waals surface area contributed by atoms with Crippen molar-refractivity contribution in [3.63, 3.8) is 0 Å². The predicted molar refractivity (Wildman–Crippen MR) is 80.2 cm³/mol. The fraction of sp³-hybridized carbons (Fsp3) is 0.0714. The van der Waals surface area contributed by atoms with Crippen molar-refractivity contribution in [2.24, 2.45) is 0 Å². The van der Waals surface area contributed by atoms with E-state index in [0.29, 0.717) is 11.0 Å². The molecule has 0 amide bonds. The van der Waals surface area contributed by atoms with Crippen molar-refractivity contribution in [3.05, 3.63) is 51.8 Å². The Bertz CT molecular complexity index is 745. The molecule has 0 bridgehead atoms. The minimum atomic E-state index is 0.400. The lowest BCUT2D eigenvalue weighted by Gasteiger charge is -2.07. The van der Waals surface area contributed by atoms with Gasteiger partial charge in [-0.05, 0) is 34.3 Å². The molecular weight excluding hydrogens is 326 g/mol. The summed E-state index contributed by atoms with van der Waals surface area (Å²) in [6, 6.07) is 9.97. The van der Waals surface area contributed by atoms with Crippen LogP contribution in [-0.4, -0.2) is 15.0 Å². The average molecular weight is 335 g/mol. The quantitative estimate of drug-likeness (QED) is 0.618. The Morgan fingerprint density at radius 2 is 1.89 bits per heavy atom. The SMILES string of the molecule is Cc1nc(-c2nccc3ccccc23)nc(Cl)c1Br. The van der Waals surface area contributed by atoms with E-state index in [0.717, 1.165) is 26.6 Å². The number of hydrogen-bond donors (Lipinski definition) is 0. The van der Waals surface area contributed by atoms with Crippen molar-refractivity contribution in [2.45, 2.75) is 6.92 Å². The first-order valence-electron chi connectivity index (χ1n) is 5.70. The summed E-state index contributed by atoms with van der Waals surface area (Å²) >= 11 is 9.45. The highest BCUT2D eigenvalue weighted by Gasteiger charge is 2.12. The van der Waals surface area contributed by atoms with E-state index >= 15 is 0 Å². The van der Waals surface area contributed by atoms with E-state index < -0.39 is 0 Å². The Hall–Kier alpha value is -1.52. The van der Waals surface area contributed by atoms with Crippen LogP contribution in [0, 0.1) is 6.92 Å². The Morgan fingerprint density at radius 3 is 2.68 bits per heavy atom. The van der Waals surface area contributed by atoms with Gasteiger partial charge in [0.2, 0.25) is 0 Å². The second-order valence-corrected chi connectivity index (χ2v) is 5.27. The van der Waals surface area contributed by atoms with Gasteiger partial charge in [0.05, 0.1) is 10.2 Å². The predicted octanol–water partition coefficient (Wildman–Crippen LogP) is 4.42. The lowest BCUT2D eigenvalue weighted by atomic mass is 10.1. The zero-order valence-electron chi connectivity index (χ0n) is 10.1. The Balaban J connectivity index is 2.31. The lowest BCUT2D eigenvalue weighted by molar-refractivity contribution is 1.08. The summed E-state index contributed by atoms with van der Waals surface area (Å²) in [6.07, 6.45) is 1.76. The van der Waals surface area contributed by atoms with E-state index in [1.54, 1.807) is 6.20 Å². The van der Waals surface area contributed by atoms with E-state index in [4.69, 9.17) is 11.6 Å². The van der Waals surface area contributed by atoms with Gasteiger partial charge in [-0.15, -0.1) is 0 Å². The van der Waals surface area contributed by atoms with E-state index in [1.165, 1.54) is 0 Å². The average Bonchev–Trinajstić information content (AvgIpc) is 2.43. The second-order valence-electron chi connectivity index (χ2n) is 4.12. The van der Waals surface area contributed by atoms with Crippen LogP contribution in [0.5, 0.6) is 0 Å². The number of fused-ring (bicyclic) bond motifs is 1. The summed E-state index contributed by atoms with van der Waals surface area (Å²) in [4.78, 5) is 13.1. The third kappa shape index (κ3) is 2.22. The smallest absolute Gasteiger partial charge is 0.180 e. The number of rotatable bonds is 1. The fourth-order valence-electron chi connectivity index (χ4n) is 1.93. The molecule has 0 aliphatic heterocycles. The van der Waals surface area contributed by atoms with Gasteiger partial charge >= 0.3 is 0 Å². The molecule has 3 nitrogen and oxygen atoms in total. The van der Waals surface area contributed by atoms with Crippen LogP contribution >= 0.6 is 27.5 Å². The summed E-state index contributed by atoms with van der Waals surface area (Å²) in [6.45, 7) is 1.88. The molecule has 3 rings (SSSR count). The summed E-state index contributed by atoms with van der Waals surface area (Å²) in [5.41, 5.74) is 1.54. The maximum atomic E-state index is 6.09. The molecule has 5 heteroatoms. The van der Waals surface area contributed by atoms with E-state index in [9.17, 15) is 0 Å². The third-order valence-corrected chi connectivity index (χ3v) is 4.31. The van der Waals surface area contributed by atoms with Gasteiger partial charge in [-0.1, -0.05) is 35.9 Å². The largest absolute Gasteiger partial charge is 0.252 e. The second kappa shape index (κ2) is 4.87. The number of benzene rings is 1. The first-order valence-corrected chi connectivity index (χ1v) is 6.87. The normalized spacial score (nSPS) is 10.9. The molecule has 3 aromatic rings. The van der Waals surface area contributed by atoms with Crippen LogP contribution in [0.2, 0.25) is 5.15 Å². The molecule has 0 radical (unpaired) electrons. The molecule has 0 fully saturated rings. The molecule has 1 aromatic carbocycles. The molecule has 0 N–H and O–H groups in total. The van der Waals surface area contributed by atoms with Crippen molar-refractivity contribution >= 4 is 38.3 Å². The van der Waals surface area contributed by atoms with Crippen LogP contribution in [0.4, 0.5) is 0 Å². The minimum Gasteiger partial charge on any atom is -0.252 e. The van der Waals surface area contributed by atoms with Crippen LogP contribution < -0.4 is 0 Å². The summed E-state index contributed by atoms with van der Waals surface area (Å²) in [5, 5.41) is 2.52. The molecule has 0 saturated carbocycles. The van der Waals surface area contributed by atoms with Gasteiger partial charge in [0.15, 0.2) is 5.82 Å². The monoisotopic (exact) mass is 333 g/mol. The van der Waals surface area contributed by atoms with Gasteiger partial charge in [-0.3, -0.25) is 4.98 Å². The Kier molecular flexibility index (Phi) is 3.21. The summed E-state index contributed by atoms with van der Waals surface area (Å²) < 4.78 is 0.721. The van der Waals surface area contributed by atoms with E-state index in [2.05, 4.69) is 30.9 Å². The van der Waals surface area contributed by atoms with Gasteiger partial charge in [-0.2, -0.15) is 0 Å². The van der Waals surface area contributed by atoms with Gasteiger partial charge in [0.25, 0.3) is 0 Å². The highest BCUT2D eigenvalue weighted by atomic mass is 79.9. The number of halogens is 2. The van der Waals surface area contributed by atoms with Crippen LogP contribution in [0.3, 0.4) is 0 Å². The number of pyridine rings is 1. The topological polar surface area (TPSA) is 38.7 Å². The molecule has 0 atom stereocenters. The fourth-order valence-corrected chi connectivity index (χ4v) is 2.32. The molecule has 0 aliphatic carbocycles. The van der Waals surface area contributed by atoms with Crippen LogP contribution in [0.15, 0.2) is 41.0 Å². The highest BCUT2D eigenvalue weighted by molar-refractivity contribution is 9.10. The van der Waals surface area contributed by atoms with Crippen LogP contribution in [0.25, 0.3) is 22.3 Å². The Labute approximate surface area is 123 Å². The number of aryl methyl sites for hydroxylation is 1. The van der Waals surface area contributed by atoms with E-state index in [-0.39, 0.29) is 0 Å². The van der Waals surface area contributed by atoms with Crippen molar-refractivity contribution in [3.8, 4) is 11.5 Å². The van der Waals surface area contributed by atoms with Gasteiger partial charge < -0.3 is 0 Å². The Morgan fingerprint density at radius 1 is 1.11 bits per heavy atom. The molecule has 2 heterocycles. The van der Waals surface area contributed by atoms with Crippen molar-refractivity contribution in [1.82, 2.24) is 15.0 Å². The maximum absolute atomic E-state index is 6.09. The number of hydrogen-bond acceptors (Lipinski definition) is 3. The molecule has 94 valence electrons. The van der Waals surface area contributed by atoms with Crippen molar-refractivity contribution < 1.29 is 0 Å². The standard InChI is InChI=1S/C14H9BrClN3/c1-8-11(15)13(16)19-14(18-8)12-10-5-3-2-4-9(10)6-7-17-12/h2-7H,1H3. The first kappa shape index (κ1) is 12.5. The van der Waals surface area contributed by atoms with Gasteiger partial charge in [0, 0.05) is 11.6 Å².